The summed E-state index contributed by atoms with van der Waals surface area (Å²) in [5.41, 5.74) is 3.24. The standard InChI is InChI=1S/C22H21F3N2O3/c1-14-11-20(9-3-16(14)4-10-21(28)29)30-13-17-12-27(26-15(17)2)19-7-5-18(6-8-19)22(23,24)25/h3,5-9,11-12H,4,10,13H2,1-2H3,(H,28,29). The van der Waals surface area contributed by atoms with E-state index in [2.05, 4.69) is 5.10 Å². The Morgan fingerprint density at radius 1 is 1.10 bits per heavy atom. The van der Waals surface area contributed by atoms with Gasteiger partial charge in [0.2, 0.25) is 0 Å². The lowest BCUT2D eigenvalue weighted by Crippen LogP contribution is -2.05. The number of carboxylic acid groups (broad SMARTS) is 1. The van der Waals surface area contributed by atoms with Gasteiger partial charge in [0, 0.05) is 18.2 Å². The van der Waals surface area contributed by atoms with Gasteiger partial charge in [-0.2, -0.15) is 18.3 Å². The number of aromatic nitrogens is 2. The number of ether oxygens (including phenoxy) is 1. The molecule has 0 aliphatic carbocycles. The van der Waals surface area contributed by atoms with Crippen LogP contribution in [0.1, 0.15) is 34.4 Å². The van der Waals surface area contributed by atoms with Crippen molar-refractivity contribution >= 4 is 5.97 Å². The number of nitrogens with zero attached hydrogens (tertiary/aromatic N) is 2. The zero-order valence-corrected chi connectivity index (χ0v) is 16.5. The molecule has 0 atom stereocenters. The topological polar surface area (TPSA) is 64.4 Å². The number of hydrogen-bond donors (Lipinski definition) is 1. The van der Waals surface area contributed by atoms with Crippen LogP contribution in [0.5, 0.6) is 5.75 Å². The van der Waals surface area contributed by atoms with Gasteiger partial charge in [0.15, 0.2) is 0 Å². The van der Waals surface area contributed by atoms with Gasteiger partial charge in [-0.25, -0.2) is 4.68 Å². The van der Waals surface area contributed by atoms with Crippen LogP contribution in [0.25, 0.3) is 5.69 Å². The average molecular weight is 418 g/mol. The Hall–Kier alpha value is -3.29. The summed E-state index contributed by atoms with van der Waals surface area (Å²) in [5.74, 6) is -0.191. The Morgan fingerprint density at radius 3 is 2.40 bits per heavy atom. The maximum atomic E-state index is 12.7. The Balaban J connectivity index is 1.68. The Bertz CT molecular complexity index is 1040. The van der Waals surface area contributed by atoms with Gasteiger partial charge in [-0.3, -0.25) is 4.79 Å². The largest absolute Gasteiger partial charge is 0.489 e. The zero-order chi connectivity index (χ0) is 21.9. The molecule has 0 aliphatic heterocycles. The second-order valence-electron chi connectivity index (χ2n) is 7.00. The van der Waals surface area contributed by atoms with Crippen LogP contribution in [0.3, 0.4) is 0 Å². The van der Waals surface area contributed by atoms with Crippen molar-refractivity contribution in [3.63, 3.8) is 0 Å². The van der Waals surface area contributed by atoms with Gasteiger partial charge in [0.25, 0.3) is 0 Å². The lowest BCUT2D eigenvalue weighted by atomic mass is 10.0. The first-order valence-electron chi connectivity index (χ1n) is 9.30. The highest BCUT2D eigenvalue weighted by Gasteiger charge is 2.30. The fraction of sp³-hybridized carbons (Fsp3) is 0.273. The molecule has 0 spiro atoms. The third-order valence-electron chi connectivity index (χ3n) is 4.78. The highest BCUT2D eigenvalue weighted by atomic mass is 19.4. The smallest absolute Gasteiger partial charge is 0.416 e. The summed E-state index contributed by atoms with van der Waals surface area (Å²) in [6, 6.07) is 10.3. The Labute approximate surface area is 171 Å². The number of carboxylic acids is 1. The first-order chi connectivity index (χ1) is 14.1. The molecule has 1 aromatic heterocycles. The molecule has 0 radical (unpaired) electrons. The molecule has 0 amide bonds. The number of hydrogen-bond acceptors (Lipinski definition) is 3. The third-order valence-corrected chi connectivity index (χ3v) is 4.78. The van der Waals surface area contributed by atoms with Gasteiger partial charge in [-0.15, -0.1) is 0 Å². The zero-order valence-electron chi connectivity index (χ0n) is 16.5. The summed E-state index contributed by atoms with van der Waals surface area (Å²) in [6.07, 6.45) is -2.12. The second kappa shape index (κ2) is 8.61. The van der Waals surface area contributed by atoms with Crippen LogP contribution in [0.2, 0.25) is 0 Å². The van der Waals surface area contributed by atoms with Crippen molar-refractivity contribution in [2.45, 2.75) is 39.5 Å². The first-order valence-corrected chi connectivity index (χ1v) is 9.30. The van der Waals surface area contributed by atoms with E-state index in [1.165, 1.54) is 16.8 Å². The van der Waals surface area contributed by atoms with Gasteiger partial charge in [-0.05, 0) is 67.8 Å². The van der Waals surface area contributed by atoms with Gasteiger partial charge >= 0.3 is 12.1 Å². The molecular weight excluding hydrogens is 397 g/mol. The van der Waals surface area contributed by atoms with Crippen molar-refractivity contribution in [1.29, 1.82) is 0 Å². The number of alkyl halides is 3. The monoisotopic (exact) mass is 418 g/mol. The number of carbonyl (C=O) groups is 1. The molecular formula is C22H21F3N2O3. The number of aryl methyl sites for hydroxylation is 3. The van der Waals surface area contributed by atoms with Gasteiger partial charge in [-0.1, -0.05) is 6.07 Å². The second-order valence-corrected chi connectivity index (χ2v) is 7.00. The molecule has 8 heteroatoms. The van der Waals surface area contributed by atoms with Crippen LogP contribution in [0.15, 0.2) is 48.7 Å². The summed E-state index contributed by atoms with van der Waals surface area (Å²) in [6.45, 7) is 3.96. The average Bonchev–Trinajstić information content (AvgIpc) is 3.05. The van der Waals surface area contributed by atoms with Crippen LogP contribution in [-0.2, 0) is 24.0 Å². The highest BCUT2D eigenvalue weighted by Crippen LogP contribution is 2.29. The van der Waals surface area contributed by atoms with Crippen molar-refractivity contribution in [1.82, 2.24) is 9.78 Å². The number of aliphatic carboxylic acids is 1. The minimum atomic E-state index is -4.38. The van der Waals surface area contributed by atoms with Crippen LogP contribution in [0, 0.1) is 13.8 Å². The van der Waals surface area contributed by atoms with E-state index in [4.69, 9.17) is 9.84 Å². The summed E-state index contributed by atoms with van der Waals surface area (Å²) >= 11 is 0. The molecule has 0 saturated heterocycles. The molecule has 30 heavy (non-hydrogen) atoms. The van der Waals surface area contributed by atoms with E-state index in [1.54, 1.807) is 19.2 Å². The lowest BCUT2D eigenvalue weighted by molar-refractivity contribution is -0.138. The van der Waals surface area contributed by atoms with E-state index in [9.17, 15) is 18.0 Å². The van der Waals surface area contributed by atoms with Gasteiger partial charge in [0.05, 0.1) is 16.9 Å². The Kier molecular flexibility index (Phi) is 6.14. The van der Waals surface area contributed by atoms with Gasteiger partial charge < -0.3 is 9.84 Å². The molecule has 1 N–H and O–H groups in total. The summed E-state index contributed by atoms with van der Waals surface area (Å²) in [4.78, 5) is 10.7. The molecule has 0 unspecified atom stereocenters. The summed E-state index contributed by atoms with van der Waals surface area (Å²) < 4.78 is 45.5. The normalized spacial score (nSPS) is 11.5. The van der Waals surface area contributed by atoms with Crippen LogP contribution >= 0.6 is 0 Å². The van der Waals surface area contributed by atoms with E-state index in [1.807, 2.05) is 19.1 Å². The minimum absolute atomic E-state index is 0.0728. The summed E-state index contributed by atoms with van der Waals surface area (Å²) in [7, 11) is 0. The van der Waals surface area contributed by atoms with Crippen LogP contribution in [0.4, 0.5) is 13.2 Å². The number of rotatable bonds is 7. The van der Waals surface area contributed by atoms with Crippen LogP contribution in [-0.4, -0.2) is 20.9 Å². The van der Waals surface area contributed by atoms with Crippen molar-refractivity contribution in [3.05, 3.63) is 76.6 Å². The van der Waals surface area contributed by atoms with E-state index in [0.29, 0.717) is 23.6 Å². The maximum absolute atomic E-state index is 12.7. The van der Waals surface area contributed by atoms with E-state index in [-0.39, 0.29) is 13.0 Å². The predicted octanol–water partition coefficient (Wildman–Crippen LogP) is 5.10. The molecule has 0 fully saturated rings. The molecule has 3 rings (SSSR count). The van der Waals surface area contributed by atoms with E-state index >= 15 is 0 Å². The summed E-state index contributed by atoms with van der Waals surface area (Å²) in [5, 5.41) is 13.2. The molecule has 5 nitrogen and oxygen atoms in total. The van der Waals surface area contributed by atoms with Crippen molar-refractivity contribution in [2.75, 3.05) is 0 Å². The van der Waals surface area contributed by atoms with E-state index in [0.717, 1.165) is 28.8 Å². The molecule has 0 aliphatic rings. The minimum Gasteiger partial charge on any atom is -0.489 e. The SMILES string of the molecule is Cc1cc(OCc2cn(-c3ccc(C(F)(F)F)cc3)nc2C)ccc1CCC(=O)O. The van der Waals surface area contributed by atoms with Crippen molar-refractivity contribution in [3.8, 4) is 11.4 Å². The molecule has 1 heterocycles. The molecule has 0 saturated carbocycles. The maximum Gasteiger partial charge on any atom is 0.416 e. The van der Waals surface area contributed by atoms with E-state index < -0.39 is 17.7 Å². The molecule has 3 aromatic rings. The van der Waals surface area contributed by atoms with Crippen molar-refractivity contribution < 1.29 is 27.8 Å². The third kappa shape index (κ3) is 5.20. The molecule has 2 aromatic carbocycles. The molecule has 0 bridgehead atoms. The highest BCUT2D eigenvalue weighted by molar-refractivity contribution is 5.67. The number of benzene rings is 2. The quantitative estimate of drug-likeness (QED) is 0.580. The lowest BCUT2D eigenvalue weighted by Gasteiger charge is -2.09. The molecule has 158 valence electrons. The first kappa shape index (κ1) is 21.4. The fourth-order valence-corrected chi connectivity index (χ4v) is 3.01. The Morgan fingerprint density at radius 2 is 1.80 bits per heavy atom. The predicted molar refractivity (Wildman–Crippen MR) is 105 cm³/mol. The fourth-order valence-electron chi connectivity index (χ4n) is 3.01. The van der Waals surface area contributed by atoms with Crippen molar-refractivity contribution in [2.24, 2.45) is 0 Å². The van der Waals surface area contributed by atoms with Crippen LogP contribution < -0.4 is 4.74 Å². The van der Waals surface area contributed by atoms with Gasteiger partial charge in [0.1, 0.15) is 12.4 Å². The number of halogens is 3.